The van der Waals surface area contributed by atoms with Crippen LogP contribution in [0.5, 0.6) is 0 Å². The SMILES string of the molecule is COC(=O)c1ncn2c1C(=O)N(c1cc(C)ccc1C)[C@@](C)(C(=O)NC1CCCCCC1)C2. The number of aryl methyl sites for hydroxylation is 2. The highest BCUT2D eigenvalue weighted by Crippen LogP contribution is 2.36. The van der Waals surface area contributed by atoms with Gasteiger partial charge in [-0.15, -0.1) is 0 Å². The molecule has 1 saturated carbocycles. The molecule has 0 unspecified atom stereocenters. The third-order valence-electron chi connectivity index (χ3n) is 6.88. The number of aromatic nitrogens is 2. The number of amides is 2. The molecule has 0 saturated heterocycles. The van der Waals surface area contributed by atoms with Gasteiger partial charge in [0.15, 0.2) is 5.69 Å². The van der Waals surface area contributed by atoms with E-state index in [9.17, 15) is 14.4 Å². The zero-order chi connectivity index (χ0) is 23.8. The van der Waals surface area contributed by atoms with Gasteiger partial charge in [-0.3, -0.25) is 14.5 Å². The van der Waals surface area contributed by atoms with Crippen molar-refractivity contribution >= 4 is 23.5 Å². The first-order valence-corrected chi connectivity index (χ1v) is 11.6. The Bertz CT molecular complexity index is 1080. The molecule has 1 aliphatic carbocycles. The Hall–Kier alpha value is -3.16. The molecule has 2 aliphatic rings. The van der Waals surface area contributed by atoms with Crippen molar-refractivity contribution in [2.75, 3.05) is 12.0 Å². The molecule has 1 aromatic heterocycles. The van der Waals surface area contributed by atoms with Gasteiger partial charge in [0.25, 0.3) is 5.91 Å². The molecule has 1 N–H and O–H groups in total. The average Bonchev–Trinajstić information content (AvgIpc) is 3.03. The van der Waals surface area contributed by atoms with Gasteiger partial charge in [-0.1, -0.05) is 37.8 Å². The topological polar surface area (TPSA) is 93.5 Å². The van der Waals surface area contributed by atoms with Crippen molar-refractivity contribution < 1.29 is 19.1 Å². The molecule has 1 aliphatic heterocycles. The summed E-state index contributed by atoms with van der Waals surface area (Å²) >= 11 is 0. The molecule has 2 amide bonds. The lowest BCUT2D eigenvalue weighted by Crippen LogP contribution is -2.65. The number of anilines is 1. The van der Waals surface area contributed by atoms with Crippen LogP contribution in [0.3, 0.4) is 0 Å². The summed E-state index contributed by atoms with van der Waals surface area (Å²) in [6, 6.07) is 5.92. The van der Waals surface area contributed by atoms with E-state index in [1.165, 1.54) is 26.3 Å². The Morgan fingerprint density at radius 2 is 1.85 bits per heavy atom. The molecule has 2 heterocycles. The molecule has 1 atom stereocenters. The third kappa shape index (κ3) is 4.14. The van der Waals surface area contributed by atoms with Gasteiger partial charge in [0.1, 0.15) is 11.2 Å². The number of nitrogens with zero attached hydrogens (tertiary/aromatic N) is 3. The molecule has 8 nitrogen and oxygen atoms in total. The minimum Gasteiger partial charge on any atom is -0.464 e. The number of hydrogen-bond acceptors (Lipinski definition) is 5. The number of imidazole rings is 1. The fourth-order valence-electron chi connectivity index (χ4n) is 4.98. The van der Waals surface area contributed by atoms with Gasteiger partial charge in [-0.05, 0) is 50.8 Å². The molecule has 33 heavy (non-hydrogen) atoms. The molecule has 0 bridgehead atoms. The Kier molecular flexibility index (Phi) is 6.28. The predicted octanol–water partition coefficient (Wildman–Crippen LogP) is 3.54. The zero-order valence-corrected chi connectivity index (χ0v) is 19.8. The summed E-state index contributed by atoms with van der Waals surface area (Å²) in [4.78, 5) is 45.7. The van der Waals surface area contributed by atoms with Crippen molar-refractivity contribution in [3.05, 3.63) is 47.0 Å². The van der Waals surface area contributed by atoms with Crippen molar-refractivity contribution in [3.63, 3.8) is 0 Å². The molecule has 8 heteroatoms. The number of rotatable bonds is 4. The second kappa shape index (κ2) is 9.00. The van der Waals surface area contributed by atoms with Gasteiger partial charge in [0, 0.05) is 11.7 Å². The number of ether oxygens (including phenoxy) is 1. The third-order valence-corrected chi connectivity index (χ3v) is 6.88. The highest BCUT2D eigenvalue weighted by molar-refractivity contribution is 6.15. The van der Waals surface area contributed by atoms with E-state index in [2.05, 4.69) is 10.3 Å². The van der Waals surface area contributed by atoms with Crippen LogP contribution in [0.4, 0.5) is 5.69 Å². The quantitative estimate of drug-likeness (QED) is 0.566. The lowest BCUT2D eigenvalue weighted by molar-refractivity contribution is -0.127. The minimum absolute atomic E-state index is 0.0379. The summed E-state index contributed by atoms with van der Waals surface area (Å²) in [7, 11) is 1.26. The van der Waals surface area contributed by atoms with E-state index in [0.717, 1.165) is 36.8 Å². The zero-order valence-electron chi connectivity index (χ0n) is 19.8. The molecule has 0 spiro atoms. The van der Waals surface area contributed by atoms with Gasteiger partial charge in [-0.2, -0.15) is 0 Å². The largest absolute Gasteiger partial charge is 0.464 e. The van der Waals surface area contributed by atoms with Crippen molar-refractivity contribution in [2.45, 2.75) is 77.4 Å². The smallest absolute Gasteiger partial charge is 0.359 e. The van der Waals surface area contributed by atoms with Crippen molar-refractivity contribution in [1.29, 1.82) is 0 Å². The number of carbonyl (C=O) groups is 3. The second-order valence-electron chi connectivity index (χ2n) is 9.43. The molecule has 2 aromatic rings. The molecule has 0 radical (unpaired) electrons. The van der Waals surface area contributed by atoms with Gasteiger partial charge in [-0.25, -0.2) is 9.78 Å². The average molecular weight is 453 g/mol. The summed E-state index contributed by atoms with van der Waals surface area (Å²) in [5.41, 5.74) is 1.41. The normalized spacial score (nSPS) is 21.3. The number of methoxy groups -OCH3 is 1. The van der Waals surface area contributed by atoms with Gasteiger partial charge >= 0.3 is 5.97 Å². The van der Waals surface area contributed by atoms with Crippen LogP contribution in [0.15, 0.2) is 24.5 Å². The van der Waals surface area contributed by atoms with Crippen LogP contribution in [0.2, 0.25) is 0 Å². The number of hydrogen-bond donors (Lipinski definition) is 1. The highest BCUT2D eigenvalue weighted by atomic mass is 16.5. The van der Waals surface area contributed by atoms with Crippen molar-refractivity contribution in [1.82, 2.24) is 14.9 Å². The number of esters is 1. The summed E-state index contributed by atoms with van der Waals surface area (Å²) in [6.45, 7) is 5.84. The van der Waals surface area contributed by atoms with E-state index in [1.807, 2.05) is 32.0 Å². The standard InChI is InChI=1S/C25H32N4O4/c1-16-11-12-17(2)19(13-16)29-22(30)21-20(23(31)33-4)26-15-28(21)14-25(29,3)24(32)27-18-9-7-5-6-8-10-18/h11-13,15,18H,5-10,14H2,1-4H3,(H,27,32)/t25-/m1/s1. The van der Waals surface area contributed by atoms with Gasteiger partial charge in [0.05, 0.1) is 20.0 Å². The van der Waals surface area contributed by atoms with Gasteiger partial charge in [0.2, 0.25) is 5.91 Å². The van der Waals surface area contributed by atoms with Crippen LogP contribution in [0, 0.1) is 13.8 Å². The second-order valence-corrected chi connectivity index (χ2v) is 9.43. The maximum atomic E-state index is 13.9. The van der Waals surface area contributed by atoms with Crippen LogP contribution in [-0.2, 0) is 16.1 Å². The minimum atomic E-state index is -1.19. The predicted molar refractivity (Wildman–Crippen MR) is 124 cm³/mol. The molecule has 1 aromatic carbocycles. The van der Waals surface area contributed by atoms with Crippen LogP contribution in [0.25, 0.3) is 0 Å². The van der Waals surface area contributed by atoms with E-state index >= 15 is 0 Å². The van der Waals surface area contributed by atoms with E-state index in [1.54, 1.807) is 16.4 Å². The Morgan fingerprint density at radius 3 is 2.52 bits per heavy atom. The maximum Gasteiger partial charge on any atom is 0.359 e. The maximum absolute atomic E-state index is 13.9. The first-order chi connectivity index (χ1) is 15.8. The van der Waals surface area contributed by atoms with Crippen LogP contribution in [0.1, 0.15) is 77.6 Å². The van der Waals surface area contributed by atoms with Crippen LogP contribution >= 0.6 is 0 Å². The van der Waals surface area contributed by atoms with Crippen molar-refractivity contribution in [3.8, 4) is 0 Å². The summed E-state index contributed by atoms with van der Waals surface area (Å²) in [5, 5.41) is 3.24. The van der Waals surface area contributed by atoms with Crippen molar-refractivity contribution in [2.24, 2.45) is 0 Å². The monoisotopic (exact) mass is 452 g/mol. The molecule has 1 fully saturated rings. The number of nitrogens with one attached hydrogen (secondary N) is 1. The Morgan fingerprint density at radius 1 is 1.15 bits per heavy atom. The number of benzene rings is 1. The molecule has 4 rings (SSSR count). The fraction of sp³-hybridized carbons (Fsp3) is 0.520. The highest BCUT2D eigenvalue weighted by Gasteiger charge is 2.50. The fourth-order valence-corrected chi connectivity index (χ4v) is 4.98. The first-order valence-electron chi connectivity index (χ1n) is 11.6. The van der Waals surface area contributed by atoms with E-state index in [4.69, 9.17) is 4.74 Å². The summed E-state index contributed by atoms with van der Waals surface area (Å²) < 4.78 is 6.44. The van der Waals surface area contributed by atoms with Crippen LogP contribution in [-0.4, -0.2) is 46.0 Å². The van der Waals surface area contributed by atoms with E-state index in [0.29, 0.717) is 5.69 Å². The Balaban J connectivity index is 1.80. The summed E-state index contributed by atoms with van der Waals surface area (Å²) in [6.07, 6.45) is 7.89. The molecular formula is C25H32N4O4. The lowest BCUT2D eigenvalue weighted by Gasteiger charge is -2.44. The lowest BCUT2D eigenvalue weighted by atomic mass is 9.91. The van der Waals surface area contributed by atoms with E-state index in [-0.39, 0.29) is 29.9 Å². The molecule has 176 valence electrons. The van der Waals surface area contributed by atoms with E-state index < -0.39 is 17.4 Å². The first kappa shape index (κ1) is 23.0. The van der Waals surface area contributed by atoms with Crippen LogP contribution < -0.4 is 10.2 Å². The Labute approximate surface area is 194 Å². The molecular weight excluding hydrogens is 420 g/mol. The number of fused-ring (bicyclic) bond motifs is 1. The number of carbonyl (C=O) groups excluding carboxylic acids is 3. The van der Waals surface area contributed by atoms with Gasteiger partial charge < -0.3 is 14.6 Å². The summed E-state index contributed by atoms with van der Waals surface area (Å²) in [5.74, 6) is -1.31.